The largest absolute Gasteiger partial charge is 0.508 e. The van der Waals surface area contributed by atoms with Crippen LogP contribution in [0.5, 0.6) is 5.75 Å². The van der Waals surface area contributed by atoms with Gasteiger partial charge < -0.3 is 14.9 Å². The van der Waals surface area contributed by atoms with Crippen LogP contribution in [-0.2, 0) is 12.8 Å². The molecule has 2 rings (SSSR count). The van der Waals surface area contributed by atoms with E-state index in [0.717, 1.165) is 30.4 Å². The summed E-state index contributed by atoms with van der Waals surface area (Å²) in [4.78, 5) is 18.3. The molecule has 3 nitrogen and oxygen atoms in total. The summed E-state index contributed by atoms with van der Waals surface area (Å²) in [7, 11) is -1.83. The number of phenolic OH excluding ortho intramolecular Hbond substituents is 1. The van der Waals surface area contributed by atoms with Gasteiger partial charge in [-0.05, 0) is 62.3 Å². The number of hydrogen-bond donors (Lipinski definition) is 3. The Morgan fingerprint density at radius 1 is 1.12 bits per heavy atom. The van der Waals surface area contributed by atoms with Gasteiger partial charge in [0, 0.05) is 6.16 Å². The molecule has 1 aliphatic rings. The van der Waals surface area contributed by atoms with E-state index in [2.05, 4.69) is 32.1 Å². The zero-order chi connectivity index (χ0) is 17.7. The zero-order valence-corrected chi connectivity index (χ0v) is 15.6. The van der Waals surface area contributed by atoms with Crippen molar-refractivity contribution in [3.63, 3.8) is 0 Å². The van der Waals surface area contributed by atoms with Crippen LogP contribution in [-0.4, -0.2) is 21.1 Å². The fraction of sp³-hybridized carbons (Fsp3) is 0.400. The maximum atomic E-state index is 9.85. The molecule has 24 heavy (non-hydrogen) atoms. The number of allylic oxidation sites excluding steroid dienone is 6. The van der Waals surface area contributed by atoms with Crippen molar-refractivity contribution in [1.29, 1.82) is 0 Å². The van der Waals surface area contributed by atoms with E-state index in [1.54, 1.807) is 6.07 Å². The number of aromatic hydroxyl groups is 1. The summed E-state index contributed by atoms with van der Waals surface area (Å²) >= 11 is 0. The molecule has 0 heterocycles. The topological polar surface area (TPSA) is 60.7 Å². The lowest BCUT2D eigenvalue weighted by Crippen LogP contribution is -1.96. The van der Waals surface area contributed by atoms with Crippen LogP contribution in [0.25, 0.3) is 0 Å². The molecular weight excluding hydrogens is 319 g/mol. The van der Waals surface area contributed by atoms with Gasteiger partial charge >= 0.3 is 0 Å². The Morgan fingerprint density at radius 2 is 1.88 bits per heavy atom. The highest BCUT2D eigenvalue weighted by Gasteiger charge is 2.11. The van der Waals surface area contributed by atoms with Crippen molar-refractivity contribution in [1.82, 2.24) is 0 Å². The first kappa shape index (κ1) is 18.9. The van der Waals surface area contributed by atoms with E-state index in [9.17, 15) is 5.11 Å². The van der Waals surface area contributed by atoms with Gasteiger partial charge in [-0.2, -0.15) is 0 Å². The molecule has 0 spiro atoms. The van der Waals surface area contributed by atoms with Crippen molar-refractivity contribution >= 4 is 8.38 Å². The van der Waals surface area contributed by atoms with Crippen LogP contribution in [0, 0.1) is 0 Å². The van der Waals surface area contributed by atoms with Crippen molar-refractivity contribution in [3.8, 4) is 5.75 Å². The van der Waals surface area contributed by atoms with Crippen LogP contribution < -0.4 is 0 Å². The summed E-state index contributed by atoms with van der Waals surface area (Å²) in [6, 6.07) is 5.87. The molecule has 0 saturated heterocycles. The van der Waals surface area contributed by atoms with E-state index in [4.69, 9.17) is 9.79 Å². The summed E-state index contributed by atoms with van der Waals surface area (Å²) in [5.74, 6) is 0.371. The summed E-state index contributed by atoms with van der Waals surface area (Å²) in [6.45, 7) is 6.30. The normalized spacial score (nSPS) is 15.4. The molecule has 4 heteroatoms. The molecule has 0 fully saturated rings. The van der Waals surface area contributed by atoms with Gasteiger partial charge in [-0.15, -0.1) is 0 Å². The van der Waals surface area contributed by atoms with E-state index in [-0.39, 0.29) is 0 Å². The molecular formula is C20H27O3P. The van der Waals surface area contributed by atoms with Gasteiger partial charge in [-0.3, -0.25) is 0 Å². The lowest BCUT2D eigenvalue weighted by Gasteiger charge is -2.11. The number of rotatable bonds is 6. The Labute approximate surface area is 146 Å². The van der Waals surface area contributed by atoms with Crippen LogP contribution in [0.2, 0.25) is 0 Å². The van der Waals surface area contributed by atoms with E-state index < -0.39 is 8.38 Å². The maximum absolute atomic E-state index is 9.85. The van der Waals surface area contributed by atoms with Crippen molar-refractivity contribution in [3.05, 3.63) is 63.8 Å². The van der Waals surface area contributed by atoms with E-state index in [1.165, 1.54) is 22.3 Å². The minimum Gasteiger partial charge on any atom is -0.508 e. The number of benzene rings is 1. The van der Waals surface area contributed by atoms with Gasteiger partial charge in [0.2, 0.25) is 0 Å². The SMILES string of the molecule is CCc1cc(CC2=C(C)C=C(CCP(O)O)C=C(C)C2)ccc1O. The molecule has 1 aromatic rings. The Morgan fingerprint density at radius 3 is 2.54 bits per heavy atom. The summed E-state index contributed by atoms with van der Waals surface area (Å²) < 4.78 is 0. The average Bonchev–Trinajstić information content (AvgIpc) is 2.65. The molecule has 130 valence electrons. The Hall–Kier alpha value is -1.41. The van der Waals surface area contributed by atoms with E-state index >= 15 is 0 Å². The van der Waals surface area contributed by atoms with Crippen LogP contribution in [0.1, 0.15) is 44.7 Å². The minimum atomic E-state index is -1.83. The standard InChI is InChI=1S/C20H27O3P/c1-4-18-12-16(5-6-20(18)21)13-19-10-14(2)9-17(11-15(19)3)7-8-24(22)23/h5-6,9,11-12,21-23H,4,7-8,10,13H2,1-3H3. The van der Waals surface area contributed by atoms with Crippen LogP contribution in [0.15, 0.2) is 52.6 Å². The number of aryl methyl sites for hydroxylation is 1. The van der Waals surface area contributed by atoms with Gasteiger partial charge in [-0.1, -0.05) is 47.9 Å². The quantitative estimate of drug-likeness (QED) is 0.650. The second-order valence-electron chi connectivity index (χ2n) is 6.51. The van der Waals surface area contributed by atoms with Crippen molar-refractivity contribution in [2.45, 2.75) is 46.5 Å². The predicted molar refractivity (Wildman–Crippen MR) is 101 cm³/mol. The van der Waals surface area contributed by atoms with Crippen molar-refractivity contribution < 1.29 is 14.9 Å². The van der Waals surface area contributed by atoms with Crippen molar-refractivity contribution in [2.75, 3.05) is 6.16 Å². The molecule has 0 bridgehead atoms. The fourth-order valence-electron chi connectivity index (χ4n) is 3.12. The van der Waals surface area contributed by atoms with Gasteiger partial charge in [0.05, 0.1) is 0 Å². The second-order valence-corrected chi connectivity index (χ2v) is 7.70. The first-order chi connectivity index (χ1) is 11.4. The Balaban J connectivity index is 2.22. The Bertz CT molecular complexity index is 684. The highest BCUT2D eigenvalue weighted by Crippen LogP contribution is 2.31. The zero-order valence-electron chi connectivity index (χ0n) is 14.7. The van der Waals surface area contributed by atoms with E-state index in [0.29, 0.717) is 18.3 Å². The minimum absolute atomic E-state index is 0.371. The number of phenols is 1. The molecule has 0 amide bonds. The monoisotopic (exact) mass is 346 g/mol. The lowest BCUT2D eigenvalue weighted by molar-refractivity contribution is 0.468. The van der Waals surface area contributed by atoms with E-state index in [1.807, 2.05) is 13.0 Å². The Kier molecular flexibility index (Phi) is 6.79. The van der Waals surface area contributed by atoms with Crippen LogP contribution in [0.4, 0.5) is 0 Å². The highest BCUT2D eigenvalue weighted by atomic mass is 31.2. The molecule has 0 unspecified atom stereocenters. The predicted octanol–water partition coefficient (Wildman–Crippen LogP) is 4.78. The van der Waals surface area contributed by atoms with Gasteiger partial charge in [-0.25, -0.2) is 0 Å². The molecule has 0 aromatic heterocycles. The molecule has 3 N–H and O–H groups in total. The maximum Gasteiger partial charge on any atom is 0.165 e. The molecule has 1 aliphatic carbocycles. The third kappa shape index (κ3) is 5.31. The summed E-state index contributed by atoms with van der Waals surface area (Å²) in [6.07, 6.45) is 8.09. The number of hydrogen-bond acceptors (Lipinski definition) is 3. The third-order valence-corrected chi connectivity index (χ3v) is 5.05. The summed E-state index contributed by atoms with van der Waals surface area (Å²) in [5.41, 5.74) is 7.30. The van der Waals surface area contributed by atoms with Crippen molar-refractivity contribution in [2.24, 2.45) is 0 Å². The van der Waals surface area contributed by atoms with Gasteiger partial charge in [0.1, 0.15) is 5.75 Å². The van der Waals surface area contributed by atoms with Crippen LogP contribution in [0.3, 0.4) is 0 Å². The fourth-order valence-corrected chi connectivity index (χ4v) is 3.58. The molecule has 0 aliphatic heterocycles. The molecule has 0 atom stereocenters. The van der Waals surface area contributed by atoms with Gasteiger partial charge in [0.25, 0.3) is 0 Å². The first-order valence-corrected chi connectivity index (χ1v) is 9.84. The summed E-state index contributed by atoms with van der Waals surface area (Å²) in [5, 5.41) is 9.85. The highest BCUT2D eigenvalue weighted by molar-refractivity contribution is 7.45. The lowest BCUT2D eigenvalue weighted by atomic mass is 9.94. The van der Waals surface area contributed by atoms with Crippen LogP contribution >= 0.6 is 8.38 Å². The van der Waals surface area contributed by atoms with Gasteiger partial charge in [0.15, 0.2) is 8.38 Å². The third-order valence-electron chi connectivity index (χ3n) is 4.43. The first-order valence-electron chi connectivity index (χ1n) is 8.41. The smallest absolute Gasteiger partial charge is 0.165 e. The average molecular weight is 346 g/mol. The second kappa shape index (κ2) is 8.62. The molecule has 0 saturated carbocycles. The molecule has 1 aromatic carbocycles. The molecule has 0 radical (unpaired) electrons.